The van der Waals surface area contributed by atoms with Crippen LogP contribution in [0.5, 0.6) is 0 Å². The van der Waals surface area contributed by atoms with Gasteiger partial charge < -0.3 is 4.42 Å². The minimum Gasteiger partial charge on any atom is -0.446 e. The average molecular weight is 273 g/mol. The van der Waals surface area contributed by atoms with Gasteiger partial charge in [-0.2, -0.15) is 0 Å². The second-order valence-electron chi connectivity index (χ2n) is 5.31. The molecule has 0 aliphatic rings. The summed E-state index contributed by atoms with van der Waals surface area (Å²) in [5.74, 6) is 0.461. The lowest BCUT2D eigenvalue weighted by Crippen LogP contribution is -2.37. The summed E-state index contributed by atoms with van der Waals surface area (Å²) in [6.45, 7) is 10.1. The van der Waals surface area contributed by atoms with Crippen molar-refractivity contribution < 1.29 is 9.21 Å². The number of Topliss-reactive ketones (excluding diaryl/α,β-unsaturated/α-hetero) is 1. The van der Waals surface area contributed by atoms with Gasteiger partial charge in [0.05, 0.1) is 0 Å². The molecule has 0 fully saturated rings. The van der Waals surface area contributed by atoms with E-state index in [1.807, 2.05) is 13.8 Å². The summed E-state index contributed by atoms with van der Waals surface area (Å²) in [4.78, 5) is 12.2. The first-order valence-electron chi connectivity index (χ1n) is 4.96. The van der Waals surface area contributed by atoms with Crippen molar-refractivity contribution in [1.82, 2.24) is 0 Å². The van der Waals surface area contributed by atoms with Gasteiger partial charge in [-0.1, -0.05) is 34.6 Å². The molecule has 3 heteroatoms. The van der Waals surface area contributed by atoms with Crippen molar-refractivity contribution in [1.29, 1.82) is 0 Å². The van der Waals surface area contributed by atoms with E-state index in [0.717, 1.165) is 0 Å². The molecular formula is C12H17BrO2. The number of ketones is 1. The monoisotopic (exact) mass is 272 g/mol. The molecule has 0 N–H and O–H groups in total. The van der Waals surface area contributed by atoms with Crippen LogP contribution in [0.3, 0.4) is 0 Å². The topological polar surface area (TPSA) is 30.2 Å². The van der Waals surface area contributed by atoms with Gasteiger partial charge in [-0.05, 0) is 33.5 Å². The molecule has 1 heterocycles. The number of furan rings is 1. The second kappa shape index (κ2) is 3.78. The maximum atomic E-state index is 12.2. The van der Waals surface area contributed by atoms with E-state index in [2.05, 4.69) is 36.7 Å². The zero-order valence-corrected chi connectivity index (χ0v) is 11.4. The SMILES string of the molecule is CC(C)(C)C(C)(C)C(=O)c1ccc(Br)o1. The Morgan fingerprint density at radius 1 is 1.20 bits per heavy atom. The van der Waals surface area contributed by atoms with Crippen LogP contribution in [0.15, 0.2) is 21.2 Å². The Hall–Kier alpha value is -0.570. The number of carbonyl (C=O) groups excluding carboxylic acids is 1. The van der Waals surface area contributed by atoms with Gasteiger partial charge in [-0.15, -0.1) is 0 Å². The molecule has 0 amide bonds. The van der Waals surface area contributed by atoms with Crippen LogP contribution in [0.1, 0.15) is 45.2 Å². The first-order chi connectivity index (χ1) is 6.66. The molecular weight excluding hydrogens is 256 g/mol. The van der Waals surface area contributed by atoms with Gasteiger partial charge in [0.15, 0.2) is 10.4 Å². The molecule has 0 unspecified atom stereocenters. The van der Waals surface area contributed by atoms with Crippen molar-refractivity contribution in [2.24, 2.45) is 10.8 Å². The largest absolute Gasteiger partial charge is 0.446 e. The molecule has 0 spiro atoms. The lowest BCUT2D eigenvalue weighted by atomic mass is 9.66. The van der Waals surface area contributed by atoms with Crippen molar-refractivity contribution in [3.8, 4) is 0 Å². The molecule has 1 aromatic heterocycles. The highest BCUT2D eigenvalue weighted by Crippen LogP contribution is 2.40. The standard InChI is InChI=1S/C12H17BrO2/c1-11(2,3)12(4,5)10(14)8-6-7-9(13)15-8/h6-7H,1-5H3. The number of hydrogen-bond donors (Lipinski definition) is 0. The minimum atomic E-state index is -0.440. The van der Waals surface area contributed by atoms with Gasteiger partial charge in [-0.25, -0.2) is 0 Å². The van der Waals surface area contributed by atoms with E-state index < -0.39 is 5.41 Å². The Bertz CT molecular complexity index is 369. The highest BCUT2D eigenvalue weighted by molar-refractivity contribution is 9.10. The quantitative estimate of drug-likeness (QED) is 0.752. The summed E-state index contributed by atoms with van der Waals surface area (Å²) < 4.78 is 5.89. The lowest BCUT2D eigenvalue weighted by Gasteiger charge is -2.36. The molecule has 0 bridgehead atoms. The molecule has 0 saturated heterocycles. The number of halogens is 1. The molecule has 2 nitrogen and oxygen atoms in total. The third-order valence-electron chi connectivity index (χ3n) is 3.24. The second-order valence-corrected chi connectivity index (χ2v) is 6.09. The summed E-state index contributed by atoms with van der Waals surface area (Å²) in [7, 11) is 0. The van der Waals surface area contributed by atoms with Crippen LogP contribution in [-0.4, -0.2) is 5.78 Å². The predicted octanol–water partition coefficient (Wildman–Crippen LogP) is 4.30. The summed E-state index contributed by atoms with van der Waals surface area (Å²) in [6.07, 6.45) is 0. The molecule has 0 aromatic carbocycles. The van der Waals surface area contributed by atoms with Crippen LogP contribution in [0.4, 0.5) is 0 Å². The molecule has 0 radical (unpaired) electrons. The normalized spacial score (nSPS) is 12.9. The van der Waals surface area contributed by atoms with E-state index in [1.165, 1.54) is 0 Å². The van der Waals surface area contributed by atoms with Crippen molar-refractivity contribution in [3.05, 3.63) is 22.6 Å². The number of hydrogen-bond acceptors (Lipinski definition) is 2. The van der Waals surface area contributed by atoms with E-state index in [-0.39, 0.29) is 11.2 Å². The van der Waals surface area contributed by atoms with Gasteiger partial charge in [0.25, 0.3) is 0 Å². The Morgan fingerprint density at radius 3 is 2.07 bits per heavy atom. The summed E-state index contributed by atoms with van der Waals surface area (Å²) in [5.41, 5.74) is -0.534. The molecule has 0 atom stereocenters. The van der Waals surface area contributed by atoms with E-state index >= 15 is 0 Å². The van der Waals surface area contributed by atoms with Gasteiger partial charge in [0, 0.05) is 5.41 Å². The Labute approximate surface area is 99.2 Å². The molecule has 1 aromatic rings. The summed E-state index contributed by atoms with van der Waals surface area (Å²) in [6, 6.07) is 3.45. The molecule has 84 valence electrons. The highest BCUT2D eigenvalue weighted by Gasteiger charge is 2.41. The fraction of sp³-hybridized carbons (Fsp3) is 0.583. The maximum Gasteiger partial charge on any atom is 0.204 e. The van der Waals surface area contributed by atoms with Gasteiger partial charge in [-0.3, -0.25) is 4.79 Å². The molecule has 1 rings (SSSR count). The van der Waals surface area contributed by atoms with E-state index in [0.29, 0.717) is 10.4 Å². The predicted molar refractivity (Wildman–Crippen MR) is 64.0 cm³/mol. The minimum absolute atomic E-state index is 0.0423. The van der Waals surface area contributed by atoms with Gasteiger partial charge in [0.2, 0.25) is 5.78 Å². The van der Waals surface area contributed by atoms with Crippen LogP contribution in [0, 0.1) is 10.8 Å². The molecule has 0 aliphatic heterocycles. The highest BCUT2D eigenvalue weighted by atomic mass is 79.9. The fourth-order valence-corrected chi connectivity index (χ4v) is 1.39. The maximum absolute atomic E-state index is 12.2. The van der Waals surface area contributed by atoms with E-state index in [1.54, 1.807) is 12.1 Å². The summed E-state index contributed by atoms with van der Waals surface area (Å²) >= 11 is 3.20. The smallest absolute Gasteiger partial charge is 0.204 e. The van der Waals surface area contributed by atoms with Gasteiger partial charge in [0.1, 0.15) is 0 Å². The van der Waals surface area contributed by atoms with Crippen LogP contribution in [0.25, 0.3) is 0 Å². The fourth-order valence-electron chi connectivity index (χ4n) is 1.08. The summed E-state index contributed by atoms with van der Waals surface area (Å²) in [5, 5.41) is 0. The average Bonchev–Trinajstić information content (AvgIpc) is 2.48. The van der Waals surface area contributed by atoms with Crippen molar-refractivity contribution in [2.45, 2.75) is 34.6 Å². The van der Waals surface area contributed by atoms with Crippen molar-refractivity contribution >= 4 is 21.7 Å². The number of rotatable bonds is 2. The van der Waals surface area contributed by atoms with Crippen LogP contribution in [0.2, 0.25) is 0 Å². The Morgan fingerprint density at radius 2 is 1.73 bits per heavy atom. The van der Waals surface area contributed by atoms with Crippen LogP contribution >= 0.6 is 15.9 Å². The Kier molecular flexibility index (Phi) is 3.15. The van der Waals surface area contributed by atoms with Crippen LogP contribution in [-0.2, 0) is 0 Å². The Balaban J connectivity index is 3.05. The van der Waals surface area contributed by atoms with Crippen molar-refractivity contribution in [2.75, 3.05) is 0 Å². The molecule has 0 aliphatic carbocycles. The van der Waals surface area contributed by atoms with Gasteiger partial charge >= 0.3 is 0 Å². The van der Waals surface area contributed by atoms with E-state index in [9.17, 15) is 4.79 Å². The third kappa shape index (κ3) is 2.33. The third-order valence-corrected chi connectivity index (χ3v) is 3.67. The first kappa shape index (κ1) is 12.5. The van der Waals surface area contributed by atoms with E-state index in [4.69, 9.17) is 4.42 Å². The zero-order valence-electron chi connectivity index (χ0n) is 9.85. The molecule has 0 saturated carbocycles. The first-order valence-corrected chi connectivity index (χ1v) is 5.76. The number of carbonyl (C=O) groups is 1. The lowest BCUT2D eigenvalue weighted by molar-refractivity contribution is 0.0593. The molecule has 15 heavy (non-hydrogen) atoms. The zero-order chi connectivity index (χ0) is 11.9. The van der Waals surface area contributed by atoms with Crippen LogP contribution < -0.4 is 0 Å². The van der Waals surface area contributed by atoms with Crippen molar-refractivity contribution in [3.63, 3.8) is 0 Å².